The SMILES string of the molecule is Cc1ccc(C(=O)NCC(c2ccccc2)N(C)C)cn1. The van der Waals surface area contributed by atoms with Gasteiger partial charge in [0.15, 0.2) is 0 Å². The highest BCUT2D eigenvalue weighted by molar-refractivity contribution is 5.93. The molecule has 21 heavy (non-hydrogen) atoms. The summed E-state index contributed by atoms with van der Waals surface area (Å²) in [5, 5.41) is 2.98. The lowest BCUT2D eigenvalue weighted by Crippen LogP contribution is -2.34. The number of carbonyl (C=O) groups is 1. The van der Waals surface area contributed by atoms with Crippen molar-refractivity contribution in [2.75, 3.05) is 20.6 Å². The normalized spacial score (nSPS) is 12.2. The average Bonchev–Trinajstić information content (AvgIpc) is 2.48. The zero-order valence-electron chi connectivity index (χ0n) is 12.7. The second-order valence-electron chi connectivity index (χ2n) is 5.29. The molecule has 0 saturated heterocycles. The molecule has 1 heterocycles. The summed E-state index contributed by atoms with van der Waals surface area (Å²) in [6.45, 7) is 2.46. The number of rotatable bonds is 5. The summed E-state index contributed by atoms with van der Waals surface area (Å²) in [6, 6.07) is 13.9. The van der Waals surface area contributed by atoms with E-state index in [0.29, 0.717) is 12.1 Å². The van der Waals surface area contributed by atoms with Gasteiger partial charge in [-0.15, -0.1) is 0 Å². The number of benzene rings is 1. The molecular formula is C17H21N3O. The van der Waals surface area contributed by atoms with Gasteiger partial charge in [0.2, 0.25) is 0 Å². The first kappa shape index (κ1) is 15.2. The second kappa shape index (κ2) is 6.99. The minimum absolute atomic E-state index is 0.0923. The second-order valence-corrected chi connectivity index (χ2v) is 5.29. The standard InChI is InChI=1S/C17H21N3O/c1-13-9-10-15(11-18-13)17(21)19-12-16(20(2)3)14-7-5-4-6-8-14/h4-11,16H,12H2,1-3H3,(H,19,21). The predicted octanol–water partition coefficient (Wildman–Crippen LogP) is 2.42. The van der Waals surface area contributed by atoms with Gasteiger partial charge < -0.3 is 10.2 Å². The monoisotopic (exact) mass is 283 g/mol. The molecule has 4 heteroatoms. The zero-order valence-corrected chi connectivity index (χ0v) is 12.7. The van der Waals surface area contributed by atoms with Crippen LogP contribution in [0.2, 0.25) is 0 Å². The number of aromatic nitrogens is 1. The molecular weight excluding hydrogens is 262 g/mol. The largest absolute Gasteiger partial charge is 0.350 e. The van der Waals surface area contributed by atoms with Gasteiger partial charge in [-0.25, -0.2) is 0 Å². The van der Waals surface area contributed by atoms with Gasteiger partial charge in [-0.2, -0.15) is 0 Å². The molecule has 0 bridgehead atoms. The molecule has 0 radical (unpaired) electrons. The molecule has 0 aliphatic heterocycles. The topological polar surface area (TPSA) is 45.2 Å². The minimum atomic E-state index is -0.0923. The summed E-state index contributed by atoms with van der Waals surface area (Å²) < 4.78 is 0. The summed E-state index contributed by atoms with van der Waals surface area (Å²) in [7, 11) is 4.02. The molecule has 0 spiro atoms. The number of pyridine rings is 1. The van der Waals surface area contributed by atoms with Crippen LogP contribution in [0, 0.1) is 6.92 Å². The van der Waals surface area contributed by atoms with E-state index in [2.05, 4.69) is 27.3 Å². The van der Waals surface area contributed by atoms with Crippen LogP contribution in [0.4, 0.5) is 0 Å². The molecule has 2 aromatic rings. The predicted molar refractivity (Wildman–Crippen MR) is 84.2 cm³/mol. The Labute approximate surface area is 125 Å². The Balaban J connectivity index is 2.02. The van der Waals surface area contributed by atoms with Gasteiger partial charge in [-0.1, -0.05) is 30.3 Å². The van der Waals surface area contributed by atoms with Crippen molar-refractivity contribution in [3.05, 3.63) is 65.5 Å². The van der Waals surface area contributed by atoms with Crippen molar-refractivity contribution < 1.29 is 4.79 Å². The Morgan fingerprint density at radius 3 is 2.48 bits per heavy atom. The molecule has 0 fully saturated rings. The van der Waals surface area contributed by atoms with E-state index in [-0.39, 0.29) is 11.9 Å². The molecule has 1 aromatic carbocycles. The van der Waals surface area contributed by atoms with Gasteiger partial charge in [0.05, 0.1) is 11.6 Å². The average molecular weight is 283 g/mol. The molecule has 1 amide bonds. The third-order valence-corrected chi connectivity index (χ3v) is 3.44. The van der Waals surface area contributed by atoms with E-state index in [1.54, 1.807) is 12.3 Å². The summed E-state index contributed by atoms with van der Waals surface area (Å²) in [4.78, 5) is 18.4. The van der Waals surface area contributed by atoms with Crippen LogP contribution in [-0.2, 0) is 0 Å². The quantitative estimate of drug-likeness (QED) is 0.916. The van der Waals surface area contributed by atoms with Crippen molar-refractivity contribution in [2.24, 2.45) is 0 Å². The molecule has 2 rings (SSSR count). The number of nitrogens with zero attached hydrogens (tertiary/aromatic N) is 2. The summed E-state index contributed by atoms with van der Waals surface area (Å²) >= 11 is 0. The van der Waals surface area contributed by atoms with Crippen molar-refractivity contribution in [2.45, 2.75) is 13.0 Å². The fourth-order valence-corrected chi connectivity index (χ4v) is 2.17. The number of hydrogen-bond donors (Lipinski definition) is 1. The lowest BCUT2D eigenvalue weighted by atomic mass is 10.1. The van der Waals surface area contributed by atoms with E-state index >= 15 is 0 Å². The summed E-state index contributed by atoms with van der Waals surface area (Å²) in [5.41, 5.74) is 2.68. The van der Waals surface area contributed by atoms with Crippen molar-refractivity contribution in [3.8, 4) is 0 Å². The first-order valence-corrected chi connectivity index (χ1v) is 7.00. The fourth-order valence-electron chi connectivity index (χ4n) is 2.17. The Morgan fingerprint density at radius 1 is 1.19 bits per heavy atom. The van der Waals surface area contributed by atoms with E-state index in [1.807, 2.05) is 45.3 Å². The van der Waals surface area contributed by atoms with Gasteiger partial charge in [-0.05, 0) is 38.7 Å². The van der Waals surface area contributed by atoms with Gasteiger partial charge in [0, 0.05) is 18.4 Å². The van der Waals surface area contributed by atoms with E-state index < -0.39 is 0 Å². The third-order valence-electron chi connectivity index (χ3n) is 3.44. The van der Waals surface area contributed by atoms with E-state index in [0.717, 1.165) is 5.69 Å². The van der Waals surface area contributed by atoms with Crippen LogP contribution in [-0.4, -0.2) is 36.4 Å². The summed E-state index contributed by atoms with van der Waals surface area (Å²) in [5.74, 6) is -0.0923. The lowest BCUT2D eigenvalue weighted by molar-refractivity contribution is 0.0941. The van der Waals surface area contributed by atoms with Crippen LogP contribution in [0.15, 0.2) is 48.7 Å². The van der Waals surface area contributed by atoms with Crippen LogP contribution < -0.4 is 5.32 Å². The highest BCUT2D eigenvalue weighted by Gasteiger charge is 2.15. The van der Waals surface area contributed by atoms with Crippen LogP contribution in [0.3, 0.4) is 0 Å². The number of carbonyl (C=O) groups excluding carboxylic acids is 1. The van der Waals surface area contributed by atoms with Crippen molar-refractivity contribution in [1.29, 1.82) is 0 Å². The zero-order chi connectivity index (χ0) is 15.2. The highest BCUT2D eigenvalue weighted by Crippen LogP contribution is 2.16. The maximum absolute atomic E-state index is 12.1. The molecule has 1 unspecified atom stereocenters. The van der Waals surface area contributed by atoms with Crippen molar-refractivity contribution in [1.82, 2.24) is 15.2 Å². The highest BCUT2D eigenvalue weighted by atomic mass is 16.1. The maximum atomic E-state index is 12.1. The van der Waals surface area contributed by atoms with Gasteiger partial charge in [0.1, 0.15) is 0 Å². The maximum Gasteiger partial charge on any atom is 0.252 e. The van der Waals surface area contributed by atoms with Gasteiger partial charge in [0.25, 0.3) is 5.91 Å². The Bertz CT molecular complexity index is 579. The number of amides is 1. The summed E-state index contributed by atoms with van der Waals surface area (Å²) in [6.07, 6.45) is 1.61. The number of hydrogen-bond acceptors (Lipinski definition) is 3. The fraction of sp³-hybridized carbons (Fsp3) is 0.294. The van der Waals surface area contributed by atoms with E-state index in [1.165, 1.54) is 5.56 Å². The molecule has 0 saturated carbocycles. The van der Waals surface area contributed by atoms with E-state index in [4.69, 9.17) is 0 Å². The van der Waals surface area contributed by atoms with Crippen molar-refractivity contribution in [3.63, 3.8) is 0 Å². The molecule has 0 aliphatic rings. The molecule has 110 valence electrons. The third kappa shape index (κ3) is 4.13. The van der Waals surface area contributed by atoms with Gasteiger partial charge in [-0.3, -0.25) is 9.78 Å². The smallest absolute Gasteiger partial charge is 0.252 e. The Morgan fingerprint density at radius 2 is 1.90 bits per heavy atom. The van der Waals surface area contributed by atoms with Crippen LogP contribution in [0.5, 0.6) is 0 Å². The first-order valence-electron chi connectivity index (χ1n) is 7.00. The number of aryl methyl sites for hydroxylation is 1. The Kier molecular flexibility index (Phi) is 5.06. The lowest BCUT2D eigenvalue weighted by Gasteiger charge is -2.25. The Hall–Kier alpha value is -2.20. The molecule has 4 nitrogen and oxygen atoms in total. The molecule has 1 atom stereocenters. The number of likely N-dealkylation sites (N-methyl/N-ethyl adjacent to an activating group) is 1. The molecule has 1 aromatic heterocycles. The van der Waals surface area contributed by atoms with E-state index in [9.17, 15) is 4.79 Å². The minimum Gasteiger partial charge on any atom is -0.350 e. The van der Waals surface area contributed by atoms with Crippen LogP contribution >= 0.6 is 0 Å². The van der Waals surface area contributed by atoms with Crippen LogP contribution in [0.1, 0.15) is 27.7 Å². The molecule has 1 N–H and O–H groups in total. The van der Waals surface area contributed by atoms with Crippen LogP contribution in [0.25, 0.3) is 0 Å². The van der Waals surface area contributed by atoms with Crippen molar-refractivity contribution >= 4 is 5.91 Å². The van der Waals surface area contributed by atoms with Gasteiger partial charge >= 0.3 is 0 Å². The first-order chi connectivity index (χ1) is 10.1. The number of nitrogens with one attached hydrogen (secondary N) is 1. The molecule has 0 aliphatic carbocycles.